The molecule has 2 rings (SSSR count). The number of nitrogens with one attached hydrogen (secondary N) is 1. The number of hydrogen-bond acceptors (Lipinski definition) is 4. The van der Waals surface area contributed by atoms with Crippen molar-refractivity contribution in [3.05, 3.63) is 63.5 Å². The highest BCUT2D eigenvalue weighted by molar-refractivity contribution is 6.06. The number of hydrogen-bond donors (Lipinski definition) is 2. The summed E-state index contributed by atoms with van der Waals surface area (Å²) in [6, 6.07) is 7.37. The van der Waals surface area contributed by atoms with Gasteiger partial charge in [-0.1, -0.05) is 6.07 Å². The molecule has 0 heterocycles. The molecule has 0 bridgehead atoms. The summed E-state index contributed by atoms with van der Waals surface area (Å²) in [6.45, 7) is 1.49. The first kappa shape index (κ1) is 14.4. The Morgan fingerprint density at radius 1 is 1.33 bits per heavy atom. The fourth-order valence-electron chi connectivity index (χ4n) is 1.78. The lowest BCUT2D eigenvalue weighted by molar-refractivity contribution is -0.384. The van der Waals surface area contributed by atoms with Gasteiger partial charge in [-0.3, -0.25) is 14.9 Å². The van der Waals surface area contributed by atoms with Crippen LogP contribution in [-0.2, 0) is 0 Å². The molecule has 0 aliphatic heterocycles. The number of rotatable bonds is 3. The van der Waals surface area contributed by atoms with Gasteiger partial charge >= 0.3 is 0 Å². The molecule has 0 aliphatic rings. The smallest absolute Gasteiger partial charge is 0.296 e. The first-order valence-corrected chi connectivity index (χ1v) is 5.94. The number of aryl methyl sites for hydroxylation is 1. The minimum absolute atomic E-state index is 0.131. The predicted molar refractivity (Wildman–Crippen MR) is 73.9 cm³/mol. The third-order valence-electron chi connectivity index (χ3n) is 2.88. The second kappa shape index (κ2) is 5.58. The maximum absolute atomic E-state index is 13.2. The van der Waals surface area contributed by atoms with Crippen LogP contribution >= 0.6 is 0 Å². The van der Waals surface area contributed by atoms with Crippen LogP contribution in [0.2, 0.25) is 0 Å². The number of carbonyl (C=O) groups is 1. The Morgan fingerprint density at radius 2 is 2.05 bits per heavy atom. The number of phenols is 1. The van der Waals surface area contributed by atoms with E-state index in [-0.39, 0.29) is 16.8 Å². The lowest BCUT2D eigenvalue weighted by atomic mass is 10.1. The van der Waals surface area contributed by atoms with Crippen LogP contribution in [-0.4, -0.2) is 15.9 Å². The molecule has 21 heavy (non-hydrogen) atoms. The van der Waals surface area contributed by atoms with Gasteiger partial charge in [-0.2, -0.15) is 0 Å². The minimum atomic E-state index is -0.717. The molecule has 0 atom stereocenters. The highest BCUT2D eigenvalue weighted by atomic mass is 19.1. The van der Waals surface area contributed by atoms with Crippen LogP contribution in [0.5, 0.6) is 5.75 Å². The number of amides is 1. The number of carbonyl (C=O) groups excluding carboxylic acids is 1. The summed E-state index contributed by atoms with van der Waals surface area (Å²) in [6.07, 6.45) is 0. The molecule has 0 aliphatic carbocycles. The molecule has 0 aromatic heterocycles. The number of phenolic OH excluding ortho intramolecular Hbond substituents is 1. The summed E-state index contributed by atoms with van der Waals surface area (Å²) in [7, 11) is 0. The molecular formula is C14H11FN2O4. The molecule has 0 saturated carbocycles. The number of nitro groups is 1. The van der Waals surface area contributed by atoms with E-state index in [9.17, 15) is 24.4 Å². The van der Waals surface area contributed by atoms with E-state index in [2.05, 4.69) is 5.32 Å². The number of nitro benzene ring substituents is 1. The predicted octanol–water partition coefficient (Wildman–Crippen LogP) is 3.00. The van der Waals surface area contributed by atoms with Gasteiger partial charge in [-0.25, -0.2) is 4.39 Å². The molecule has 0 saturated heterocycles. The van der Waals surface area contributed by atoms with Gasteiger partial charge in [0.25, 0.3) is 11.6 Å². The van der Waals surface area contributed by atoms with Crippen molar-refractivity contribution in [2.75, 3.05) is 5.32 Å². The quantitative estimate of drug-likeness (QED) is 0.516. The molecule has 2 aromatic rings. The normalized spacial score (nSPS) is 10.2. The lowest BCUT2D eigenvalue weighted by Gasteiger charge is -2.08. The number of anilines is 1. The van der Waals surface area contributed by atoms with Gasteiger partial charge in [0.2, 0.25) is 0 Å². The highest BCUT2D eigenvalue weighted by Crippen LogP contribution is 2.33. The number of halogens is 1. The third-order valence-corrected chi connectivity index (χ3v) is 2.88. The van der Waals surface area contributed by atoms with Crippen molar-refractivity contribution >= 4 is 17.3 Å². The van der Waals surface area contributed by atoms with E-state index in [0.29, 0.717) is 0 Å². The maximum Gasteiger partial charge on any atom is 0.296 e. The standard InChI is InChI=1S/C14H11FN2O4/c1-8-7-9(5-6-10(8)15)14(19)16-13-11(17(20)21)3-2-4-12(13)18/h2-7,18H,1H3,(H,16,19). The van der Waals surface area contributed by atoms with Crippen LogP contribution in [0.15, 0.2) is 36.4 Å². The fraction of sp³-hybridized carbons (Fsp3) is 0.0714. The Kier molecular flexibility index (Phi) is 3.84. The Balaban J connectivity index is 2.36. The molecule has 2 aromatic carbocycles. The van der Waals surface area contributed by atoms with Crippen molar-refractivity contribution in [1.29, 1.82) is 0 Å². The van der Waals surface area contributed by atoms with Gasteiger partial charge in [0.05, 0.1) is 4.92 Å². The molecule has 0 spiro atoms. The van der Waals surface area contributed by atoms with Crippen molar-refractivity contribution in [2.45, 2.75) is 6.92 Å². The van der Waals surface area contributed by atoms with Gasteiger partial charge in [0.15, 0.2) is 5.69 Å². The van der Waals surface area contributed by atoms with E-state index in [0.717, 1.165) is 12.1 Å². The summed E-state index contributed by atoms with van der Waals surface area (Å²) in [5, 5.41) is 22.8. The van der Waals surface area contributed by atoms with E-state index < -0.39 is 28.1 Å². The average molecular weight is 290 g/mol. The maximum atomic E-state index is 13.2. The number of benzene rings is 2. The van der Waals surface area contributed by atoms with Crippen LogP contribution < -0.4 is 5.32 Å². The average Bonchev–Trinajstić information content (AvgIpc) is 2.43. The van der Waals surface area contributed by atoms with Crippen molar-refractivity contribution in [3.8, 4) is 5.75 Å². The van der Waals surface area contributed by atoms with Crippen LogP contribution in [0, 0.1) is 22.9 Å². The van der Waals surface area contributed by atoms with Crippen LogP contribution in [0.3, 0.4) is 0 Å². The van der Waals surface area contributed by atoms with E-state index in [1.54, 1.807) is 0 Å². The van der Waals surface area contributed by atoms with Crippen LogP contribution in [0.25, 0.3) is 0 Å². The molecule has 1 amide bonds. The topological polar surface area (TPSA) is 92.5 Å². The van der Waals surface area contributed by atoms with Gasteiger partial charge in [0.1, 0.15) is 11.6 Å². The monoisotopic (exact) mass is 290 g/mol. The minimum Gasteiger partial charge on any atom is -0.505 e. The molecule has 2 N–H and O–H groups in total. The van der Waals surface area contributed by atoms with Crippen molar-refractivity contribution < 1.29 is 19.2 Å². The summed E-state index contributed by atoms with van der Waals surface area (Å²) in [5.41, 5.74) is -0.322. The highest BCUT2D eigenvalue weighted by Gasteiger charge is 2.20. The Labute approximate surface area is 119 Å². The molecule has 7 heteroatoms. The second-order valence-corrected chi connectivity index (χ2v) is 4.35. The van der Waals surface area contributed by atoms with E-state index in [1.165, 1.54) is 31.2 Å². The van der Waals surface area contributed by atoms with Crippen LogP contribution in [0.1, 0.15) is 15.9 Å². The summed E-state index contributed by atoms with van der Waals surface area (Å²) in [5.74, 6) is -1.56. The summed E-state index contributed by atoms with van der Waals surface area (Å²) >= 11 is 0. The number of aromatic hydroxyl groups is 1. The molecule has 6 nitrogen and oxygen atoms in total. The van der Waals surface area contributed by atoms with E-state index in [4.69, 9.17) is 0 Å². The van der Waals surface area contributed by atoms with Gasteiger partial charge in [0, 0.05) is 11.6 Å². The molecule has 0 fully saturated rings. The Morgan fingerprint density at radius 3 is 2.67 bits per heavy atom. The SMILES string of the molecule is Cc1cc(C(=O)Nc2c(O)cccc2[N+](=O)[O-])ccc1F. The second-order valence-electron chi connectivity index (χ2n) is 4.35. The van der Waals surface area contributed by atoms with E-state index in [1.807, 2.05) is 0 Å². The zero-order valence-corrected chi connectivity index (χ0v) is 11.0. The molecule has 0 unspecified atom stereocenters. The third kappa shape index (κ3) is 2.97. The molecule has 108 valence electrons. The first-order chi connectivity index (χ1) is 9.90. The zero-order chi connectivity index (χ0) is 15.6. The van der Waals surface area contributed by atoms with Gasteiger partial charge < -0.3 is 10.4 Å². The van der Waals surface area contributed by atoms with Crippen molar-refractivity contribution in [3.63, 3.8) is 0 Å². The first-order valence-electron chi connectivity index (χ1n) is 5.94. The summed E-state index contributed by atoms with van der Waals surface area (Å²) in [4.78, 5) is 22.2. The Hall–Kier alpha value is -2.96. The van der Waals surface area contributed by atoms with Crippen LogP contribution in [0.4, 0.5) is 15.8 Å². The largest absolute Gasteiger partial charge is 0.505 e. The number of para-hydroxylation sites is 1. The Bertz CT molecular complexity index is 731. The van der Waals surface area contributed by atoms with Gasteiger partial charge in [-0.05, 0) is 36.8 Å². The fourth-order valence-corrected chi connectivity index (χ4v) is 1.78. The van der Waals surface area contributed by atoms with Gasteiger partial charge in [-0.15, -0.1) is 0 Å². The van der Waals surface area contributed by atoms with Crippen molar-refractivity contribution in [2.24, 2.45) is 0 Å². The zero-order valence-electron chi connectivity index (χ0n) is 11.0. The lowest BCUT2D eigenvalue weighted by Crippen LogP contribution is -2.13. The number of nitrogens with zero attached hydrogens (tertiary/aromatic N) is 1. The molecular weight excluding hydrogens is 279 g/mol. The van der Waals surface area contributed by atoms with E-state index >= 15 is 0 Å². The summed E-state index contributed by atoms with van der Waals surface area (Å²) < 4.78 is 13.2. The van der Waals surface area contributed by atoms with Crippen molar-refractivity contribution in [1.82, 2.24) is 0 Å². The molecule has 0 radical (unpaired) electrons.